The molecule has 0 saturated carbocycles. The average molecular weight is 295 g/mol. The topological polar surface area (TPSA) is 34.1 Å². The van der Waals surface area contributed by atoms with Crippen LogP contribution in [-0.2, 0) is 6.61 Å². The van der Waals surface area contributed by atoms with E-state index in [0.29, 0.717) is 16.5 Å². The summed E-state index contributed by atoms with van der Waals surface area (Å²) >= 11 is 6.09. The molecular weight excluding hydrogens is 279 g/mol. The lowest BCUT2D eigenvalue weighted by Gasteiger charge is -2.11. The number of rotatable bonds is 5. The van der Waals surface area contributed by atoms with Crippen molar-refractivity contribution in [2.75, 3.05) is 11.9 Å². The number of nitrogens with zero attached hydrogens (tertiary/aromatic N) is 1. The molecule has 0 spiro atoms. The van der Waals surface area contributed by atoms with Gasteiger partial charge in [0.2, 0.25) is 0 Å². The molecule has 2 aromatic rings. The highest BCUT2D eigenvalue weighted by atomic mass is 35.5. The van der Waals surface area contributed by atoms with Gasteiger partial charge in [-0.25, -0.2) is 9.37 Å². The molecule has 0 aliphatic carbocycles. The van der Waals surface area contributed by atoms with Crippen molar-refractivity contribution in [2.24, 2.45) is 0 Å². The number of anilines is 1. The van der Waals surface area contributed by atoms with Gasteiger partial charge in [0.15, 0.2) is 0 Å². The summed E-state index contributed by atoms with van der Waals surface area (Å²) in [6, 6.07) is 8.01. The minimum Gasteiger partial charge on any atom is -0.487 e. The Bertz CT molecular complexity index is 604. The minimum atomic E-state index is -0.328. The van der Waals surface area contributed by atoms with Crippen LogP contribution < -0.4 is 10.1 Å². The summed E-state index contributed by atoms with van der Waals surface area (Å²) in [7, 11) is 0. The number of benzene rings is 1. The standard InChI is InChI=1S/C15H16ClFN2O/c1-3-18-15-7-6-12(16)13(19-15)9-20-14-8-11(17)5-4-10(14)2/h4-8H,3,9H2,1-2H3,(H,18,19). The van der Waals surface area contributed by atoms with Crippen molar-refractivity contribution in [1.82, 2.24) is 4.98 Å². The van der Waals surface area contributed by atoms with E-state index in [2.05, 4.69) is 10.3 Å². The molecule has 5 heteroatoms. The smallest absolute Gasteiger partial charge is 0.132 e. The molecule has 1 aromatic carbocycles. The second-order valence-electron chi connectivity index (χ2n) is 4.35. The predicted octanol–water partition coefficient (Wildman–Crippen LogP) is 4.19. The number of aryl methyl sites for hydroxylation is 1. The van der Waals surface area contributed by atoms with E-state index in [9.17, 15) is 4.39 Å². The summed E-state index contributed by atoms with van der Waals surface area (Å²) in [6.45, 7) is 4.82. The molecule has 0 amide bonds. The number of nitrogens with one attached hydrogen (secondary N) is 1. The van der Waals surface area contributed by atoms with Crippen molar-refractivity contribution in [3.63, 3.8) is 0 Å². The molecule has 106 valence electrons. The molecule has 0 radical (unpaired) electrons. The van der Waals surface area contributed by atoms with Crippen molar-refractivity contribution in [1.29, 1.82) is 0 Å². The van der Waals surface area contributed by atoms with E-state index in [1.54, 1.807) is 12.1 Å². The van der Waals surface area contributed by atoms with Crippen LogP contribution >= 0.6 is 11.6 Å². The Balaban J connectivity index is 2.13. The third kappa shape index (κ3) is 3.61. The molecule has 0 saturated heterocycles. The lowest BCUT2D eigenvalue weighted by Crippen LogP contribution is -2.05. The Morgan fingerprint density at radius 1 is 1.30 bits per heavy atom. The first-order valence-electron chi connectivity index (χ1n) is 6.38. The number of pyridine rings is 1. The molecule has 0 bridgehead atoms. The molecule has 1 N–H and O–H groups in total. The maximum absolute atomic E-state index is 13.2. The van der Waals surface area contributed by atoms with Crippen LogP contribution in [0, 0.1) is 12.7 Å². The summed E-state index contributed by atoms with van der Waals surface area (Å²) in [5.74, 6) is 0.911. The molecule has 3 nitrogen and oxygen atoms in total. The number of hydrogen-bond donors (Lipinski definition) is 1. The van der Waals surface area contributed by atoms with Gasteiger partial charge in [-0.1, -0.05) is 17.7 Å². The van der Waals surface area contributed by atoms with Gasteiger partial charge in [0, 0.05) is 12.6 Å². The molecule has 20 heavy (non-hydrogen) atoms. The highest BCUT2D eigenvalue weighted by Crippen LogP contribution is 2.22. The monoisotopic (exact) mass is 294 g/mol. The van der Waals surface area contributed by atoms with E-state index in [-0.39, 0.29) is 12.4 Å². The Labute approximate surface area is 122 Å². The number of aromatic nitrogens is 1. The van der Waals surface area contributed by atoms with Gasteiger partial charge in [0.1, 0.15) is 24.0 Å². The number of hydrogen-bond acceptors (Lipinski definition) is 3. The zero-order valence-corrected chi connectivity index (χ0v) is 12.2. The van der Waals surface area contributed by atoms with Crippen LogP contribution in [0.15, 0.2) is 30.3 Å². The molecule has 0 aliphatic heterocycles. The van der Waals surface area contributed by atoms with E-state index in [1.807, 2.05) is 19.9 Å². The SMILES string of the molecule is CCNc1ccc(Cl)c(COc2cc(F)ccc2C)n1. The van der Waals surface area contributed by atoms with Gasteiger partial charge in [0.05, 0.1) is 10.7 Å². The van der Waals surface area contributed by atoms with Gasteiger partial charge < -0.3 is 10.1 Å². The van der Waals surface area contributed by atoms with Crippen molar-refractivity contribution in [2.45, 2.75) is 20.5 Å². The third-order valence-corrected chi connectivity index (χ3v) is 3.14. The molecule has 1 aromatic heterocycles. The van der Waals surface area contributed by atoms with E-state index in [0.717, 1.165) is 17.9 Å². The van der Waals surface area contributed by atoms with Gasteiger partial charge >= 0.3 is 0 Å². The minimum absolute atomic E-state index is 0.197. The summed E-state index contributed by atoms with van der Waals surface area (Å²) in [6.07, 6.45) is 0. The van der Waals surface area contributed by atoms with Crippen LogP contribution in [0.1, 0.15) is 18.2 Å². The Morgan fingerprint density at radius 3 is 2.85 bits per heavy atom. The lowest BCUT2D eigenvalue weighted by atomic mass is 10.2. The van der Waals surface area contributed by atoms with Gasteiger partial charge in [-0.2, -0.15) is 0 Å². The second-order valence-corrected chi connectivity index (χ2v) is 4.76. The number of ether oxygens (including phenoxy) is 1. The highest BCUT2D eigenvalue weighted by molar-refractivity contribution is 6.31. The molecule has 0 aliphatic rings. The fraction of sp³-hybridized carbons (Fsp3) is 0.267. The Hall–Kier alpha value is -1.81. The van der Waals surface area contributed by atoms with E-state index < -0.39 is 0 Å². The lowest BCUT2D eigenvalue weighted by molar-refractivity contribution is 0.298. The Morgan fingerprint density at radius 2 is 2.10 bits per heavy atom. The van der Waals surface area contributed by atoms with E-state index >= 15 is 0 Å². The van der Waals surface area contributed by atoms with Crippen LogP contribution in [0.3, 0.4) is 0 Å². The Kier molecular flexibility index (Phi) is 4.79. The highest BCUT2D eigenvalue weighted by Gasteiger charge is 2.07. The van der Waals surface area contributed by atoms with Crippen molar-refractivity contribution in [3.8, 4) is 5.75 Å². The second kappa shape index (κ2) is 6.57. The fourth-order valence-corrected chi connectivity index (χ4v) is 1.90. The summed E-state index contributed by atoms with van der Waals surface area (Å²) in [5, 5.41) is 3.64. The maximum atomic E-state index is 13.2. The quantitative estimate of drug-likeness (QED) is 0.897. The largest absolute Gasteiger partial charge is 0.487 e. The van der Waals surface area contributed by atoms with E-state index in [4.69, 9.17) is 16.3 Å². The molecule has 2 rings (SSSR count). The van der Waals surface area contributed by atoms with Crippen LogP contribution in [-0.4, -0.2) is 11.5 Å². The van der Waals surface area contributed by atoms with E-state index in [1.165, 1.54) is 12.1 Å². The van der Waals surface area contributed by atoms with Gasteiger partial charge in [-0.3, -0.25) is 0 Å². The summed E-state index contributed by atoms with van der Waals surface area (Å²) < 4.78 is 18.8. The van der Waals surface area contributed by atoms with Crippen LogP contribution in [0.4, 0.5) is 10.2 Å². The zero-order chi connectivity index (χ0) is 14.5. The average Bonchev–Trinajstić information content (AvgIpc) is 2.43. The first kappa shape index (κ1) is 14.6. The summed E-state index contributed by atoms with van der Waals surface area (Å²) in [5.41, 5.74) is 1.49. The van der Waals surface area contributed by atoms with Crippen molar-refractivity contribution in [3.05, 3.63) is 52.4 Å². The third-order valence-electron chi connectivity index (χ3n) is 2.79. The van der Waals surface area contributed by atoms with Crippen molar-refractivity contribution < 1.29 is 9.13 Å². The molecule has 1 heterocycles. The maximum Gasteiger partial charge on any atom is 0.132 e. The molecule has 0 unspecified atom stereocenters. The molecule has 0 fully saturated rings. The van der Waals surface area contributed by atoms with Crippen LogP contribution in [0.5, 0.6) is 5.75 Å². The molecular formula is C15H16ClFN2O. The fourth-order valence-electron chi connectivity index (χ4n) is 1.74. The summed E-state index contributed by atoms with van der Waals surface area (Å²) in [4.78, 5) is 4.37. The van der Waals surface area contributed by atoms with Crippen LogP contribution in [0.2, 0.25) is 5.02 Å². The normalized spacial score (nSPS) is 10.4. The van der Waals surface area contributed by atoms with Gasteiger partial charge in [0.25, 0.3) is 0 Å². The predicted molar refractivity (Wildman–Crippen MR) is 78.9 cm³/mol. The first-order valence-corrected chi connectivity index (χ1v) is 6.76. The number of halogens is 2. The van der Waals surface area contributed by atoms with Gasteiger partial charge in [-0.05, 0) is 37.6 Å². The zero-order valence-electron chi connectivity index (χ0n) is 11.4. The first-order chi connectivity index (χ1) is 9.60. The van der Waals surface area contributed by atoms with Crippen molar-refractivity contribution >= 4 is 17.4 Å². The van der Waals surface area contributed by atoms with Crippen LogP contribution in [0.25, 0.3) is 0 Å². The molecule has 0 atom stereocenters. The van der Waals surface area contributed by atoms with Gasteiger partial charge in [-0.15, -0.1) is 0 Å².